The second-order valence-corrected chi connectivity index (χ2v) is 5.82. The second kappa shape index (κ2) is 7.22. The summed E-state index contributed by atoms with van der Waals surface area (Å²) >= 11 is 0. The monoisotopic (exact) mass is 291 g/mol. The maximum absolute atomic E-state index is 6.02. The zero-order valence-corrected chi connectivity index (χ0v) is 12.6. The molecule has 1 aromatic carbocycles. The minimum Gasteiger partial charge on any atom is -0.491 e. The lowest BCUT2D eigenvalue weighted by atomic mass is 10.0. The van der Waals surface area contributed by atoms with Crippen LogP contribution in [-0.2, 0) is 4.74 Å². The lowest BCUT2D eigenvalue weighted by molar-refractivity contribution is 0.0674. The number of rotatable bonds is 6. The molecule has 3 N–H and O–H groups in total. The minimum absolute atomic E-state index is 0.254. The van der Waals surface area contributed by atoms with E-state index in [0.29, 0.717) is 18.7 Å². The van der Waals surface area contributed by atoms with E-state index in [2.05, 4.69) is 34.4 Å². The summed E-state index contributed by atoms with van der Waals surface area (Å²) in [6.45, 7) is 2.48. The molecule has 0 amide bonds. The number of nitrogens with one attached hydrogen (secondary N) is 3. The molecule has 2 aliphatic rings. The van der Waals surface area contributed by atoms with E-state index in [1.807, 2.05) is 13.1 Å². The van der Waals surface area contributed by atoms with Gasteiger partial charge in [0.2, 0.25) is 0 Å². The Labute approximate surface area is 126 Å². The zero-order valence-electron chi connectivity index (χ0n) is 12.6. The molecule has 21 heavy (non-hydrogen) atoms. The van der Waals surface area contributed by atoms with Crippen molar-refractivity contribution in [1.82, 2.24) is 16.2 Å². The van der Waals surface area contributed by atoms with Crippen LogP contribution in [0.2, 0.25) is 0 Å². The Bertz CT molecular complexity index is 449. The van der Waals surface area contributed by atoms with Crippen LogP contribution in [0.15, 0.2) is 24.3 Å². The molecule has 5 heteroatoms. The summed E-state index contributed by atoms with van der Waals surface area (Å²) in [6.07, 6.45) is 3.57. The van der Waals surface area contributed by atoms with E-state index in [0.717, 1.165) is 38.2 Å². The molecular formula is C16H25N3O2. The predicted octanol–water partition coefficient (Wildman–Crippen LogP) is 1.37. The fraction of sp³-hybridized carbons (Fsp3) is 0.625. The number of hydrazine groups is 1. The van der Waals surface area contributed by atoms with Crippen LogP contribution in [0.25, 0.3) is 0 Å². The first kappa shape index (κ1) is 14.8. The molecule has 0 radical (unpaired) electrons. The van der Waals surface area contributed by atoms with Gasteiger partial charge in [-0.05, 0) is 32.4 Å². The SMILES string of the molecule is CNCC1CC(c2ccccc2OCC2CCCO2)NN1. The third kappa shape index (κ3) is 3.74. The Balaban J connectivity index is 1.62. The second-order valence-electron chi connectivity index (χ2n) is 5.82. The van der Waals surface area contributed by atoms with E-state index in [1.165, 1.54) is 5.56 Å². The van der Waals surface area contributed by atoms with Crippen molar-refractivity contribution >= 4 is 0 Å². The van der Waals surface area contributed by atoms with Crippen molar-refractivity contribution in [2.75, 3.05) is 26.8 Å². The highest BCUT2D eigenvalue weighted by Gasteiger charge is 2.27. The third-order valence-electron chi connectivity index (χ3n) is 4.18. The van der Waals surface area contributed by atoms with Crippen LogP contribution >= 0.6 is 0 Å². The molecule has 1 aromatic rings. The van der Waals surface area contributed by atoms with Gasteiger partial charge in [0, 0.05) is 24.8 Å². The number of para-hydroxylation sites is 1. The lowest BCUT2D eigenvalue weighted by Crippen LogP contribution is -2.36. The van der Waals surface area contributed by atoms with Crippen molar-refractivity contribution in [1.29, 1.82) is 0 Å². The Hall–Kier alpha value is -1.14. The van der Waals surface area contributed by atoms with Gasteiger partial charge in [0.1, 0.15) is 12.4 Å². The Morgan fingerprint density at radius 1 is 1.33 bits per heavy atom. The molecule has 2 fully saturated rings. The normalized spacial score (nSPS) is 28.9. The first-order chi connectivity index (χ1) is 10.4. The maximum atomic E-state index is 6.02. The van der Waals surface area contributed by atoms with E-state index < -0.39 is 0 Å². The average molecular weight is 291 g/mol. The van der Waals surface area contributed by atoms with E-state index in [9.17, 15) is 0 Å². The topological polar surface area (TPSA) is 54.5 Å². The van der Waals surface area contributed by atoms with Crippen molar-refractivity contribution in [3.63, 3.8) is 0 Å². The first-order valence-corrected chi connectivity index (χ1v) is 7.86. The van der Waals surface area contributed by atoms with Gasteiger partial charge < -0.3 is 14.8 Å². The van der Waals surface area contributed by atoms with E-state index in [4.69, 9.17) is 9.47 Å². The zero-order chi connectivity index (χ0) is 14.5. The Morgan fingerprint density at radius 3 is 3.05 bits per heavy atom. The molecule has 2 saturated heterocycles. The third-order valence-corrected chi connectivity index (χ3v) is 4.18. The molecule has 0 bridgehead atoms. The van der Waals surface area contributed by atoms with Crippen molar-refractivity contribution < 1.29 is 9.47 Å². The largest absolute Gasteiger partial charge is 0.491 e. The van der Waals surface area contributed by atoms with Crippen LogP contribution in [-0.4, -0.2) is 39.0 Å². The number of benzene rings is 1. The molecule has 2 heterocycles. The van der Waals surface area contributed by atoms with Crippen molar-refractivity contribution in [2.24, 2.45) is 0 Å². The van der Waals surface area contributed by atoms with Crippen LogP contribution in [0, 0.1) is 0 Å². The number of ether oxygens (including phenoxy) is 2. The standard InChI is InChI=1S/C16H25N3O2/c1-17-10-12-9-15(19-18-12)14-6-2-3-7-16(14)21-11-13-5-4-8-20-13/h2-3,6-7,12-13,15,17-19H,4-5,8-11H2,1H3. The summed E-state index contributed by atoms with van der Waals surface area (Å²) in [5, 5.41) is 3.21. The van der Waals surface area contributed by atoms with E-state index in [-0.39, 0.29) is 6.10 Å². The van der Waals surface area contributed by atoms with Gasteiger partial charge in [-0.3, -0.25) is 5.43 Å². The molecule has 2 aliphatic heterocycles. The summed E-state index contributed by atoms with van der Waals surface area (Å²) in [7, 11) is 1.98. The molecule has 3 rings (SSSR count). The summed E-state index contributed by atoms with van der Waals surface area (Å²) in [5.74, 6) is 0.970. The quantitative estimate of drug-likeness (QED) is 0.739. The highest BCUT2D eigenvalue weighted by molar-refractivity contribution is 5.36. The van der Waals surface area contributed by atoms with Gasteiger partial charge in [0.25, 0.3) is 0 Å². The lowest BCUT2D eigenvalue weighted by Gasteiger charge is -2.18. The summed E-state index contributed by atoms with van der Waals surface area (Å²) < 4.78 is 11.6. The Morgan fingerprint density at radius 2 is 2.24 bits per heavy atom. The van der Waals surface area contributed by atoms with Gasteiger partial charge in [-0.15, -0.1) is 0 Å². The van der Waals surface area contributed by atoms with Gasteiger partial charge in [-0.1, -0.05) is 18.2 Å². The number of likely N-dealkylation sites (N-methyl/N-ethyl adjacent to an activating group) is 1. The van der Waals surface area contributed by atoms with Crippen molar-refractivity contribution in [3.8, 4) is 5.75 Å². The van der Waals surface area contributed by atoms with Crippen molar-refractivity contribution in [3.05, 3.63) is 29.8 Å². The molecule has 116 valence electrons. The van der Waals surface area contributed by atoms with Gasteiger partial charge in [0.15, 0.2) is 0 Å². The molecule has 0 spiro atoms. The molecule has 3 atom stereocenters. The summed E-state index contributed by atoms with van der Waals surface area (Å²) in [4.78, 5) is 0. The van der Waals surface area contributed by atoms with E-state index in [1.54, 1.807) is 0 Å². The maximum Gasteiger partial charge on any atom is 0.124 e. The van der Waals surface area contributed by atoms with Gasteiger partial charge in [-0.25, -0.2) is 5.43 Å². The van der Waals surface area contributed by atoms with Crippen LogP contribution in [0.1, 0.15) is 30.9 Å². The van der Waals surface area contributed by atoms with E-state index >= 15 is 0 Å². The molecule has 0 saturated carbocycles. The molecular weight excluding hydrogens is 266 g/mol. The predicted molar refractivity (Wildman–Crippen MR) is 82.3 cm³/mol. The van der Waals surface area contributed by atoms with Gasteiger partial charge in [-0.2, -0.15) is 0 Å². The van der Waals surface area contributed by atoms with Crippen LogP contribution < -0.4 is 20.9 Å². The minimum atomic E-state index is 0.254. The number of hydrogen-bond acceptors (Lipinski definition) is 5. The Kier molecular flexibility index (Phi) is 5.08. The molecule has 5 nitrogen and oxygen atoms in total. The highest BCUT2D eigenvalue weighted by atomic mass is 16.5. The summed E-state index contributed by atoms with van der Waals surface area (Å²) in [5.41, 5.74) is 7.94. The van der Waals surface area contributed by atoms with Gasteiger partial charge in [0.05, 0.1) is 12.1 Å². The fourth-order valence-electron chi connectivity index (χ4n) is 3.06. The van der Waals surface area contributed by atoms with Crippen LogP contribution in [0.3, 0.4) is 0 Å². The molecule has 0 aliphatic carbocycles. The molecule has 0 aromatic heterocycles. The van der Waals surface area contributed by atoms with Gasteiger partial charge >= 0.3 is 0 Å². The average Bonchev–Trinajstić information content (AvgIpc) is 3.17. The fourth-order valence-corrected chi connectivity index (χ4v) is 3.06. The van der Waals surface area contributed by atoms with Crippen molar-refractivity contribution in [2.45, 2.75) is 37.5 Å². The van der Waals surface area contributed by atoms with Crippen LogP contribution in [0.5, 0.6) is 5.75 Å². The molecule has 3 unspecified atom stereocenters. The van der Waals surface area contributed by atoms with Crippen LogP contribution in [0.4, 0.5) is 0 Å². The smallest absolute Gasteiger partial charge is 0.124 e. The highest BCUT2D eigenvalue weighted by Crippen LogP contribution is 2.30. The summed E-state index contributed by atoms with van der Waals surface area (Å²) in [6, 6.07) is 9.04. The first-order valence-electron chi connectivity index (χ1n) is 7.86. The number of hydrogen-bond donors (Lipinski definition) is 3.